The quantitative estimate of drug-likeness (QED) is 0.316. The molecule has 0 saturated heterocycles. The van der Waals surface area contributed by atoms with Gasteiger partial charge < -0.3 is 15.3 Å². The molecule has 3 heteroatoms. The van der Waals surface area contributed by atoms with E-state index in [1.807, 2.05) is 36.4 Å². The van der Waals surface area contributed by atoms with E-state index in [4.69, 9.17) is 0 Å². The van der Waals surface area contributed by atoms with Crippen molar-refractivity contribution in [3.63, 3.8) is 0 Å². The number of aromatic hydroxyl groups is 3. The third-order valence-electron chi connectivity index (χ3n) is 6.06. The number of phenols is 3. The van der Waals surface area contributed by atoms with Gasteiger partial charge in [0.15, 0.2) is 0 Å². The molecule has 0 aliphatic carbocycles. The Kier molecular flexibility index (Phi) is 6.46. The second kappa shape index (κ2) is 9.61. The molecule has 32 heavy (non-hydrogen) atoms. The topological polar surface area (TPSA) is 60.7 Å². The molecule has 0 bridgehead atoms. The minimum absolute atomic E-state index is 0.123. The van der Waals surface area contributed by atoms with Gasteiger partial charge >= 0.3 is 0 Å². The molecule has 4 rings (SSSR count). The van der Waals surface area contributed by atoms with Crippen LogP contribution in [-0.4, -0.2) is 15.3 Å². The van der Waals surface area contributed by atoms with E-state index in [1.165, 1.54) is 16.7 Å². The van der Waals surface area contributed by atoms with Crippen LogP contribution < -0.4 is 0 Å². The van der Waals surface area contributed by atoms with Gasteiger partial charge in [0.05, 0.1) is 0 Å². The molecule has 0 aromatic heterocycles. The van der Waals surface area contributed by atoms with E-state index in [9.17, 15) is 15.3 Å². The Morgan fingerprint density at radius 2 is 0.812 bits per heavy atom. The number of hydrogen-bond donors (Lipinski definition) is 3. The van der Waals surface area contributed by atoms with Crippen molar-refractivity contribution in [2.75, 3.05) is 0 Å². The van der Waals surface area contributed by atoms with Gasteiger partial charge in [0, 0.05) is 5.92 Å². The number of hydrogen-bond acceptors (Lipinski definition) is 3. The summed E-state index contributed by atoms with van der Waals surface area (Å²) in [5, 5.41) is 28.9. The van der Waals surface area contributed by atoms with Gasteiger partial charge in [0.2, 0.25) is 0 Å². The fourth-order valence-corrected chi connectivity index (χ4v) is 4.16. The molecular weight excluding hydrogens is 396 g/mol. The van der Waals surface area contributed by atoms with E-state index in [0.29, 0.717) is 11.7 Å². The highest BCUT2D eigenvalue weighted by atomic mass is 16.3. The average molecular weight is 425 g/mol. The maximum Gasteiger partial charge on any atom is 0.115 e. The van der Waals surface area contributed by atoms with Crippen LogP contribution in [0.25, 0.3) is 0 Å². The highest BCUT2D eigenvalue weighted by molar-refractivity contribution is 5.40. The standard InChI is InChI=1S/C29H28O3/c1-20(23-6-12-26(30)13-7-23)18-21-2-4-22(5-3-21)19-29(24-8-14-27(31)15-9-24)25-10-16-28(32)17-11-25/h2-17,20,29-32H,18-19H2,1H3. The molecule has 1 unspecified atom stereocenters. The van der Waals surface area contributed by atoms with Crippen LogP contribution in [-0.2, 0) is 12.8 Å². The number of benzene rings is 4. The van der Waals surface area contributed by atoms with Gasteiger partial charge in [-0.2, -0.15) is 0 Å². The monoisotopic (exact) mass is 424 g/mol. The van der Waals surface area contributed by atoms with Gasteiger partial charge in [-0.3, -0.25) is 0 Å². The van der Waals surface area contributed by atoms with E-state index in [-0.39, 0.29) is 17.4 Å². The molecule has 0 fully saturated rings. The summed E-state index contributed by atoms with van der Waals surface area (Å²) in [5.41, 5.74) is 5.97. The van der Waals surface area contributed by atoms with Crippen molar-refractivity contribution in [2.24, 2.45) is 0 Å². The zero-order chi connectivity index (χ0) is 22.5. The highest BCUT2D eigenvalue weighted by Crippen LogP contribution is 2.31. The van der Waals surface area contributed by atoms with Crippen molar-refractivity contribution in [3.8, 4) is 17.2 Å². The van der Waals surface area contributed by atoms with Crippen molar-refractivity contribution in [2.45, 2.75) is 31.6 Å². The molecule has 0 radical (unpaired) electrons. The first kappa shape index (κ1) is 21.5. The molecule has 0 aliphatic rings. The molecular formula is C29H28O3. The van der Waals surface area contributed by atoms with Crippen LogP contribution >= 0.6 is 0 Å². The Labute approximate surface area is 189 Å². The Hall–Kier alpha value is -3.72. The lowest BCUT2D eigenvalue weighted by molar-refractivity contribution is 0.474. The molecule has 3 N–H and O–H groups in total. The van der Waals surface area contributed by atoms with Crippen molar-refractivity contribution in [3.05, 3.63) is 125 Å². The zero-order valence-corrected chi connectivity index (χ0v) is 18.1. The van der Waals surface area contributed by atoms with Crippen molar-refractivity contribution in [1.82, 2.24) is 0 Å². The minimum Gasteiger partial charge on any atom is -0.508 e. The lowest BCUT2D eigenvalue weighted by Crippen LogP contribution is -2.05. The Morgan fingerprint density at radius 1 is 0.469 bits per heavy atom. The van der Waals surface area contributed by atoms with Gasteiger partial charge in [-0.1, -0.05) is 67.6 Å². The smallest absolute Gasteiger partial charge is 0.115 e. The summed E-state index contributed by atoms with van der Waals surface area (Å²) in [6, 6.07) is 30.9. The van der Waals surface area contributed by atoms with Crippen LogP contribution in [0, 0.1) is 0 Å². The molecule has 0 spiro atoms. The molecule has 0 heterocycles. The Morgan fingerprint density at radius 3 is 1.22 bits per heavy atom. The third kappa shape index (κ3) is 5.30. The van der Waals surface area contributed by atoms with E-state index in [1.54, 1.807) is 36.4 Å². The largest absolute Gasteiger partial charge is 0.508 e. The lowest BCUT2D eigenvalue weighted by Gasteiger charge is -2.19. The van der Waals surface area contributed by atoms with Gasteiger partial charge in [0.25, 0.3) is 0 Å². The summed E-state index contributed by atoms with van der Waals surface area (Å²) in [6.07, 6.45) is 1.76. The normalized spacial score (nSPS) is 12.1. The maximum atomic E-state index is 9.69. The number of phenolic OH excluding ortho intramolecular Hbond substituents is 3. The predicted molar refractivity (Wildman–Crippen MR) is 128 cm³/mol. The minimum atomic E-state index is 0.123. The van der Waals surface area contributed by atoms with Gasteiger partial charge in [-0.15, -0.1) is 0 Å². The second-order valence-electron chi connectivity index (χ2n) is 8.45. The Balaban J connectivity index is 1.51. The van der Waals surface area contributed by atoms with Crippen LogP contribution in [0.4, 0.5) is 0 Å². The molecule has 1 atom stereocenters. The molecule has 4 aromatic rings. The van der Waals surface area contributed by atoms with Crippen LogP contribution in [0.2, 0.25) is 0 Å². The van der Waals surface area contributed by atoms with Gasteiger partial charge in [0.1, 0.15) is 17.2 Å². The van der Waals surface area contributed by atoms with Crippen molar-refractivity contribution in [1.29, 1.82) is 0 Å². The summed E-state index contributed by atoms with van der Waals surface area (Å²) in [6.45, 7) is 2.20. The Bertz CT molecular complexity index is 1080. The van der Waals surface area contributed by atoms with Gasteiger partial charge in [-0.25, -0.2) is 0 Å². The lowest BCUT2D eigenvalue weighted by atomic mass is 9.85. The molecule has 3 nitrogen and oxygen atoms in total. The van der Waals surface area contributed by atoms with E-state index in [0.717, 1.165) is 24.0 Å². The molecule has 4 aromatic carbocycles. The summed E-state index contributed by atoms with van der Waals surface area (Å²) >= 11 is 0. The first-order valence-electron chi connectivity index (χ1n) is 10.9. The van der Waals surface area contributed by atoms with Crippen LogP contribution in [0.5, 0.6) is 17.2 Å². The zero-order valence-electron chi connectivity index (χ0n) is 18.1. The van der Waals surface area contributed by atoms with E-state index >= 15 is 0 Å². The van der Waals surface area contributed by atoms with E-state index < -0.39 is 0 Å². The summed E-state index contributed by atoms with van der Waals surface area (Å²) in [4.78, 5) is 0. The first-order chi connectivity index (χ1) is 15.5. The second-order valence-corrected chi connectivity index (χ2v) is 8.45. The predicted octanol–water partition coefficient (Wildman–Crippen LogP) is 6.52. The van der Waals surface area contributed by atoms with Crippen molar-refractivity contribution < 1.29 is 15.3 Å². The van der Waals surface area contributed by atoms with Crippen molar-refractivity contribution >= 4 is 0 Å². The summed E-state index contributed by atoms with van der Waals surface area (Å²) in [5.74, 6) is 1.29. The molecule has 0 aliphatic heterocycles. The van der Waals surface area contributed by atoms with Crippen LogP contribution in [0.3, 0.4) is 0 Å². The SMILES string of the molecule is CC(Cc1ccc(CC(c2ccc(O)cc2)c2ccc(O)cc2)cc1)c1ccc(O)cc1. The maximum absolute atomic E-state index is 9.69. The highest BCUT2D eigenvalue weighted by Gasteiger charge is 2.16. The number of rotatable bonds is 7. The van der Waals surface area contributed by atoms with E-state index in [2.05, 4.69) is 31.2 Å². The average Bonchev–Trinajstić information content (AvgIpc) is 2.80. The summed E-state index contributed by atoms with van der Waals surface area (Å²) < 4.78 is 0. The fraction of sp³-hybridized carbons (Fsp3) is 0.172. The fourth-order valence-electron chi connectivity index (χ4n) is 4.16. The van der Waals surface area contributed by atoms with Crippen LogP contribution in [0.15, 0.2) is 97.1 Å². The first-order valence-corrected chi connectivity index (χ1v) is 10.9. The summed E-state index contributed by atoms with van der Waals surface area (Å²) in [7, 11) is 0. The van der Waals surface area contributed by atoms with Crippen LogP contribution in [0.1, 0.15) is 46.6 Å². The van der Waals surface area contributed by atoms with Gasteiger partial charge in [-0.05, 0) is 83.0 Å². The molecule has 0 saturated carbocycles. The third-order valence-corrected chi connectivity index (χ3v) is 6.06. The molecule has 0 amide bonds. The molecule has 162 valence electrons.